The number of rotatable bonds is 13. The van der Waals surface area contributed by atoms with Crippen LogP contribution in [0.3, 0.4) is 0 Å². The fourth-order valence-electron chi connectivity index (χ4n) is 3.93. The predicted octanol–water partition coefficient (Wildman–Crippen LogP) is 7.20. The second-order valence-corrected chi connectivity index (χ2v) is 10.2. The highest BCUT2D eigenvalue weighted by molar-refractivity contribution is 7.53. The highest BCUT2D eigenvalue weighted by Crippen LogP contribution is 2.50. The molecule has 0 amide bonds. The number of aryl methyl sites for hydroxylation is 1. The molecule has 0 fully saturated rings. The van der Waals surface area contributed by atoms with Crippen LogP contribution in [0.4, 0.5) is 0 Å². The molecule has 180 valence electrons. The monoisotopic (exact) mass is 480 g/mol. The fourth-order valence-corrected chi connectivity index (χ4v) is 5.63. The summed E-state index contributed by atoms with van der Waals surface area (Å²) in [5.41, 5.74) is 3.55. The summed E-state index contributed by atoms with van der Waals surface area (Å²) in [6.45, 7) is 6.57. The minimum atomic E-state index is -3.27. The Morgan fingerprint density at radius 3 is 2.24 bits per heavy atom. The molecule has 0 heterocycles. The summed E-state index contributed by atoms with van der Waals surface area (Å²) < 4.78 is 30.0. The molecule has 0 aliphatic heterocycles. The van der Waals surface area contributed by atoms with Gasteiger partial charge in [-0.2, -0.15) is 0 Å². The molecule has 1 atom stereocenters. The number of ether oxygens (including phenoxy) is 1. The number of carbonyl (C=O) groups excluding carboxylic acids is 1. The third-order valence-electron chi connectivity index (χ3n) is 5.59. The van der Waals surface area contributed by atoms with Crippen LogP contribution in [0, 0.1) is 6.92 Å². The highest BCUT2D eigenvalue weighted by atomic mass is 31.2. The molecule has 6 heteroatoms. The zero-order valence-electron chi connectivity index (χ0n) is 20.1. The Balaban J connectivity index is 1.84. The maximum absolute atomic E-state index is 13.7. The summed E-state index contributed by atoms with van der Waals surface area (Å²) in [6.07, 6.45) is 0.527. The van der Waals surface area contributed by atoms with E-state index in [4.69, 9.17) is 13.8 Å². The summed E-state index contributed by atoms with van der Waals surface area (Å²) >= 11 is 0. The zero-order valence-corrected chi connectivity index (χ0v) is 21.0. The number of benzene rings is 3. The second-order valence-electron chi connectivity index (χ2n) is 8.03. The van der Waals surface area contributed by atoms with Crippen molar-refractivity contribution in [3.05, 3.63) is 101 Å². The summed E-state index contributed by atoms with van der Waals surface area (Å²) in [6, 6.07) is 25.0. The van der Waals surface area contributed by atoms with E-state index in [9.17, 15) is 9.36 Å². The molecule has 3 rings (SSSR count). The van der Waals surface area contributed by atoms with Crippen LogP contribution in [0.1, 0.15) is 53.2 Å². The molecule has 3 aromatic rings. The number of Topliss-reactive ketones (excluding diaryl/α,β-unsaturated/α-hetero) is 1. The van der Waals surface area contributed by atoms with E-state index in [1.165, 1.54) is 0 Å². The second kappa shape index (κ2) is 12.7. The molecule has 0 spiro atoms. The summed E-state index contributed by atoms with van der Waals surface area (Å²) in [5, 5.41) is 0. The molecule has 0 N–H and O–H groups in total. The van der Waals surface area contributed by atoms with Gasteiger partial charge in [-0.3, -0.25) is 9.36 Å². The van der Waals surface area contributed by atoms with Crippen molar-refractivity contribution in [3.8, 4) is 5.75 Å². The van der Waals surface area contributed by atoms with E-state index < -0.39 is 13.5 Å². The summed E-state index contributed by atoms with van der Waals surface area (Å²) in [5.74, 6) is 0.117. The zero-order chi connectivity index (χ0) is 24.4. The molecule has 0 saturated heterocycles. The van der Waals surface area contributed by atoms with Gasteiger partial charge in [0.25, 0.3) is 0 Å². The van der Waals surface area contributed by atoms with Gasteiger partial charge in [0, 0.05) is 11.5 Å². The van der Waals surface area contributed by atoms with Crippen molar-refractivity contribution in [1.29, 1.82) is 0 Å². The highest BCUT2D eigenvalue weighted by Gasteiger charge is 2.30. The van der Waals surface area contributed by atoms with Gasteiger partial charge in [-0.1, -0.05) is 66.7 Å². The third kappa shape index (κ3) is 7.14. The average molecular weight is 481 g/mol. The maximum Gasteiger partial charge on any atom is 0.330 e. The van der Waals surface area contributed by atoms with Gasteiger partial charge in [-0.15, -0.1) is 0 Å². The number of hydrogen-bond donors (Lipinski definition) is 0. The fraction of sp³-hybridized carbons (Fsp3) is 0.321. The lowest BCUT2D eigenvalue weighted by Crippen LogP contribution is -2.17. The largest absolute Gasteiger partial charge is 0.489 e. The van der Waals surface area contributed by atoms with Crippen molar-refractivity contribution in [3.63, 3.8) is 0 Å². The van der Waals surface area contributed by atoms with E-state index in [2.05, 4.69) is 0 Å². The van der Waals surface area contributed by atoms with Gasteiger partial charge in [0.05, 0.1) is 19.4 Å². The molecule has 0 aromatic heterocycles. The maximum atomic E-state index is 13.7. The van der Waals surface area contributed by atoms with Crippen LogP contribution in [0.25, 0.3) is 0 Å². The number of ketones is 1. The van der Waals surface area contributed by atoms with E-state index in [0.29, 0.717) is 37.6 Å². The van der Waals surface area contributed by atoms with Crippen molar-refractivity contribution in [2.45, 2.75) is 39.7 Å². The van der Waals surface area contributed by atoms with Crippen molar-refractivity contribution in [2.24, 2.45) is 0 Å². The molecule has 34 heavy (non-hydrogen) atoms. The molecule has 0 aliphatic carbocycles. The molecule has 0 saturated carbocycles. The van der Waals surface area contributed by atoms with Gasteiger partial charge in [0.2, 0.25) is 0 Å². The van der Waals surface area contributed by atoms with Crippen LogP contribution < -0.4 is 4.74 Å². The molecule has 3 aromatic carbocycles. The molecule has 1 unspecified atom stereocenters. The molecule has 0 aliphatic rings. The molecular formula is C28H33O5P. The van der Waals surface area contributed by atoms with E-state index in [-0.39, 0.29) is 11.9 Å². The predicted molar refractivity (Wildman–Crippen MR) is 136 cm³/mol. The SMILES string of the molecule is CCOP(=O)(CCC(C(=O)c1cccc(OCc2ccccc2)c1)c1ccccc1C)OCC. The molecule has 0 bridgehead atoms. The van der Waals surface area contributed by atoms with Crippen LogP contribution in [0.15, 0.2) is 78.9 Å². The Hall–Kier alpha value is -2.72. The lowest BCUT2D eigenvalue weighted by Gasteiger charge is -2.22. The van der Waals surface area contributed by atoms with Crippen molar-refractivity contribution in [2.75, 3.05) is 19.4 Å². The molecular weight excluding hydrogens is 447 g/mol. The van der Waals surface area contributed by atoms with Gasteiger partial charge in [-0.25, -0.2) is 0 Å². The van der Waals surface area contributed by atoms with Crippen LogP contribution in [-0.2, 0) is 20.2 Å². The van der Waals surface area contributed by atoms with E-state index in [0.717, 1.165) is 16.7 Å². The van der Waals surface area contributed by atoms with Crippen LogP contribution in [0.2, 0.25) is 0 Å². The normalized spacial score (nSPS) is 12.3. The Kier molecular flexibility index (Phi) is 9.64. The van der Waals surface area contributed by atoms with Crippen LogP contribution in [0.5, 0.6) is 5.75 Å². The Morgan fingerprint density at radius 2 is 1.56 bits per heavy atom. The molecule has 0 radical (unpaired) electrons. The standard InChI is InChI=1S/C28H33O5P/c1-4-32-34(30,33-5-2)19-18-27(26-17-10-9-12-22(26)3)28(29)24-15-11-16-25(20-24)31-21-23-13-7-6-8-14-23/h6-17,20,27H,4-5,18-19,21H2,1-3H3. The topological polar surface area (TPSA) is 61.8 Å². The lowest BCUT2D eigenvalue weighted by atomic mass is 9.86. The Labute approximate surface area is 202 Å². The summed E-state index contributed by atoms with van der Waals surface area (Å²) in [4.78, 5) is 13.7. The molecule has 5 nitrogen and oxygen atoms in total. The first kappa shape index (κ1) is 25.9. The van der Waals surface area contributed by atoms with Crippen LogP contribution in [-0.4, -0.2) is 25.2 Å². The Bertz CT molecular complexity index is 1100. The van der Waals surface area contributed by atoms with E-state index in [1.54, 1.807) is 26.0 Å². The number of hydrogen-bond acceptors (Lipinski definition) is 5. The average Bonchev–Trinajstić information content (AvgIpc) is 2.85. The third-order valence-corrected chi connectivity index (χ3v) is 7.70. The van der Waals surface area contributed by atoms with E-state index >= 15 is 0 Å². The first-order valence-corrected chi connectivity index (χ1v) is 13.4. The lowest BCUT2D eigenvalue weighted by molar-refractivity contribution is 0.0956. The van der Waals surface area contributed by atoms with E-state index in [1.807, 2.05) is 73.7 Å². The number of carbonyl (C=O) groups is 1. The van der Waals surface area contributed by atoms with Gasteiger partial charge >= 0.3 is 7.60 Å². The van der Waals surface area contributed by atoms with Crippen molar-refractivity contribution < 1.29 is 23.1 Å². The summed E-state index contributed by atoms with van der Waals surface area (Å²) in [7, 11) is -3.27. The first-order chi connectivity index (χ1) is 16.5. The van der Waals surface area contributed by atoms with Crippen molar-refractivity contribution in [1.82, 2.24) is 0 Å². The first-order valence-electron chi connectivity index (χ1n) is 11.7. The minimum Gasteiger partial charge on any atom is -0.489 e. The minimum absolute atomic E-state index is 0.0426. The quantitative estimate of drug-likeness (QED) is 0.191. The van der Waals surface area contributed by atoms with Gasteiger partial charge < -0.3 is 13.8 Å². The van der Waals surface area contributed by atoms with Crippen LogP contribution >= 0.6 is 7.60 Å². The van der Waals surface area contributed by atoms with Gasteiger partial charge in [0.1, 0.15) is 12.4 Å². The van der Waals surface area contributed by atoms with Gasteiger partial charge in [-0.05, 0) is 56.0 Å². The van der Waals surface area contributed by atoms with Gasteiger partial charge in [0.15, 0.2) is 5.78 Å². The van der Waals surface area contributed by atoms with Crippen molar-refractivity contribution >= 4 is 13.4 Å². The smallest absolute Gasteiger partial charge is 0.330 e. The Morgan fingerprint density at radius 1 is 0.882 bits per heavy atom.